The lowest BCUT2D eigenvalue weighted by Crippen LogP contribution is -2.55. The summed E-state index contributed by atoms with van der Waals surface area (Å²) in [6.07, 6.45) is 5.75. The summed E-state index contributed by atoms with van der Waals surface area (Å²) in [6, 6.07) is 1.41. The molecule has 1 aromatic heterocycles. The monoisotopic (exact) mass is 307 g/mol. The number of carbonyl (C=O) groups is 1. The summed E-state index contributed by atoms with van der Waals surface area (Å²) in [6.45, 7) is 3.23. The number of amides is 1. The molecule has 1 saturated carbocycles. The SMILES string of the molecule is O=C(c1cncc(F)c1)N1CCN(CC2CC2)[C@H](CCO)C1. The van der Waals surface area contributed by atoms with Crippen molar-refractivity contribution in [1.82, 2.24) is 14.8 Å². The van der Waals surface area contributed by atoms with E-state index in [9.17, 15) is 14.3 Å². The Hall–Kier alpha value is -1.53. The molecule has 0 radical (unpaired) electrons. The third-order valence-electron chi connectivity index (χ3n) is 4.50. The van der Waals surface area contributed by atoms with Crippen molar-refractivity contribution in [3.8, 4) is 0 Å². The van der Waals surface area contributed by atoms with Crippen LogP contribution in [0, 0.1) is 11.7 Å². The summed E-state index contributed by atoms with van der Waals surface area (Å²) in [5.41, 5.74) is 0.290. The number of hydrogen-bond acceptors (Lipinski definition) is 4. The molecule has 1 aliphatic carbocycles. The normalized spacial score (nSPS) is 22.8. The molecular formula is C16H22FN3O2. The molecule has 0 unspecified atom stereocenters. The largest absolute Gasteiger partial charge is 0.396 e. The second-order valence-corrected chi connectivity index (χ2v) is 6.25. The molecule has 22 heavy (non-hydrogen) atoms. The predicted octanol–water partition coefficient (Wildman–Crippen LogP) is 1.14. The molecule has 1 aromatic rings. The minimum absolute atomic E-state index is 0.120. The van der Waals surface area contributed by atoms with Crippen LogP contribution in [0.5, 0.6) is 0 Å². The van der Waals surface area contributed by atoms with Gasteiger partial charge in [0, 0.05) is 45.0 Å². The molecule has 1 aliphatic heterocycles. The van der Waals surface area contributed by atoms with Gasteiger partial charge in [-0.25, -0.2) is 4.39 Å². The van der Waals surface area contributed by atoms with Gasteiger partial charge in [0.1, 0.15) is 5.82 Å². The molecule has 1 N–H and O–H groups in total. The topological polar surface area (TPSA) is 56.7 Å². The number of aliphatic hydroxyl groups excluding tert-OH is 1. The van der Waals surface area contributed by atoms with Crippen LogP contribution in [-0.4, -0.2) is 64.6 Å². The average molecular weight is 307 g/mol. The first-order valence-corrected chi connectivity index (χ1v) is 7.92. The number of aliphatic hydroxyl groups is 1. The number of carbonyl (C=O) groups excluding carboxylic acids is 1. The Labute approximate surface area is 129 Å². The fourth-order valence-electron chi connectivity index (χ4n) is 3.08. The highest BCUT2D eigenvalue weighted by Gasteiger charge is 2.33. The molecule has 2 fully saturated rings. The molecule has 1 atom stereocenters. The van der Waals surface area contributed by atoms with Crippen LogP contribution in [0.25, 0.3) is 0 Å². The van der Waals surface area contributed by atoms with Gasteiger partial charge < -0.3 is 10.0 Å². The quantitative estimate of drug-likeness (QED) is 0.886. The van der Waals surface area contributed by atoms with Gasteiger partial charge in [-0.3, -0.25) is 14.7 Å². The Morgan fingerprint density at radius 3 is 2.86 bits per heavy atom. The Bertz CT molecular complexity index is 536. The van der Waals surface area contributed by atoms with E-state index in [1.807, 2.05) is 0 Å². The highest BCUT2D eigenvalue weighted by atomic mass is 19.1. The van der Waals surface area contributed by atoms with Gasteiger partial charge in [-0.15, -0.1) is 0 Å². The van der Waals surface area contributed by atoms with Crippen LogP contribution in [0.2, 0.25) is 0 Å². The zero-order valence-corrected chi connectivity index (χ0v) is 12.6. The standard InChI is InChI=1S/C16H22FN3O2/c17-14-7-13(8-18-9-14)16(22)20-5-4-19(10-12-1-2-12)15(11-20)3-6-21/h7-9,12,15,21H,1-6,10-11H2/t15-/m1/s1. The van der Waals surface area contributed by atoms with Crippen molar-refractivity contribution in [3.05, 3.63) is 29.8 Å². The van der Waals surface area contributed by atoms with E-state index in [1.54, 1.807) is 4.90 Å². The lowest BCUT2D eigenvalue weighted by molar-refractivity contribution is 0.0406. The Balaban J connectivity index is 1.66. The van der Waals surface area contributed by atoms with Crippen molar-refractivity contribution in [2.75, 3.05) is 32.8 Å². The molecule has 0 aromatic carbocycles. The van der Waals surface area contributed by atoms with Gasteiger partial charge in [-0.1, -0.05) is 0 Å². The summed E-state index contributed by atoms with van der Waals surface area (Å²) in [5.74, 6) is 0.113. The van der Waals surface area contributed by atoms with Crippen LogP contribution in [0.4, 0.5) is 4.39 Å². The maximum Gasteiger partial charge on any atom is 0.255 e. The Morgan fingerprint density at radius 1 is 1.36 bits per heavy atom. The van der Waals surface area contributed by atoms with Gasteiger partial charge in [0.15, 0.2) is 0 Å². The molecule has 2 aliphatic rings. The minimum Gasteiger partial charge on any atom is -0.396 e. The van der Waals surface area contributed by atoms with E-state index in [0.29, 0.717) is 25.1 Å². The summed E-state index contributed by atoms with van der Waals surface area (Å²) >= 11 is 0. The van der Waals surface area contributed by atoms with Crippen LogP contribution in [0.15, 0.2) is 18.5 Å². The first kappa shape index (κ1) is 15.4. The lowest BCUT2D eigenvalue weighted by Gasteiger charge is -2.41. The van der Waals surface area contributed by atoms with Crippen LogP contribution < -0.4 is 0 Å². The number of rotatable bonds is 5. The van der Waals surface area contributed by atoms with Crippen molar-refractivity contribution in [3.63, 3.8) is 0 Å². The number of aromatic nitrogens is 1. The van der Waals surface area contributed by atoms with Gasteiger partial charge in [-0.2, -0.15) is 0 Å². The third kappa shape index (κ3) is 3.62. The predicted molar refractivity (Wildman–Crippen MR) is 79.9 cm³/mol. The second-order valence-electron chi connectivity index (χ2n) is 6.25. The van der Waals surface area contributed by atoms with E-state index in [1.165, 1.54) is 25.1 Å². The molecule has 5 nitrogen and oxygen atoms in total. The van der Waals surface area contributed by atoms with Crippen molar-refractivity contribution in [2.24, 2.45) is 5.92 Å². The van der Waals surface area contributed by atoms with Crippen LogP contribution >= 0.6 is 0 Å². The van der Waals surface area contributed by atoms with Crippen LogP contribution in [0.3, 0.4) is 0 Å². The number of hydrogen-bond donors (Lipinski definition) is 1. The highest BCUT2D eigenvalue weighted by molar-refractivity contribution is 5.94. The Morgan fingerprint density at radius 2 is 2.18 bits per heavy atom. The smallest absolute Gasteiger partial charge is 0.255 e. The van der Waals surface area contributed by atoms with Crippen LogP contribution in [0.1, 0.15) is 29.6 Å². The van der Waals surface area contributed by atoms with Crippen molar-refractivity contribution in [2.45, 2.75) is 25.3 Å². The average Bonchev–Trinajstić information content (AvgIpc) is 3.32. The number of piperazine rings is 1. The number of halogens is 1. The molecule has 0 bridgehead atoms. The zero-order valence-electron chi connectivity index (χ0n) is 12.6. The van der Waals surface area contributed by atoms with E-state index < -0.39 is 5.82 Å². The summed E-state index contributed by atoms with van der Waals surface area (Å²) in [5, 5.41) is 9.27. The van der Waals surface area contributed by atoms with Crippen LogP contribution in [-0.2, 0) is 0 Å². The van der Waals surface area contributed by atoms with Gasteiger partial charge in [0.05, 0.1) is 11.8 Å². The fourth-order valence-corrected chi connectivity index (χ4v) is 3.08. The van der Waals surface area contributed by atoms with E-state index in [0.717, 1.165) is 25.2 Å². The molecule has 1 amide bonds. The first-order chi connectivity index (χ1) is 10.7. The van der Waals surface area contributed by atoms with E-state index in [4.69, 9.17) is 0 Å². The van der Waals surface area contributed by atoms with Crippen molar-refractivity contribution < 1.29 is 14.3 Å². The zero-order chi connectivity index (χ0) is 15.5. The van der Waals surface area contributed by atoms with Gasteiger partial charge in [-0.05, 0) is 31.2 Å². The molecular weight excluding hydrogens is 285 g/mol. The lowest BCUT2D eigenvalue weighted by atomic mass is 10.1. The second kappa shape index (κ2) is 6.71. The first-order valence-electron chi connectivity index (χ1n) is 7.92. The van der Waals surface area contributed by atoms with Crippen molar-refractivity contribution in [1.29, 1.82) is 0 Å². The highest BCUT2D eigenvalue weighted by Crippen LogP contribution is 2.31. The summed E-state index contributed by atoms with van der Waals surface area (Å²) < 4.78 is 13.2. The number of nitrogens with zero attached hydrogens (tertiary/aromatic N) is 3. The van der Waals surface area contributed by atoms with Gasteiger partial charge in [0.25, 0.3) is 5.91 Å². The summed E-state index contributed by atoms with van der Waals surface area (Å²) in [4.78, 5) is 20.4. The van der Waals surface area contributed by atoms with Crippen molar-refractivity contribution >= 4 is 5.91 Å². The molecule has 6 heteroatoms. The van der Waals surface area contributed by atoms with Gasteiger partial charge >= 0.3 is 0 Å². The van der Waals surface area contributed by atoms with E-state index in [-0.39, 0.29) is 18.6 Å². The molecule has 3 rings (SSSR count). The molecule has 1 saturated heterocycles. The van der Waals surface area contributed by atoms with Gasteiger partial charge in [0.2, 0.25) is 0 Å². The summed E-state index contributed by atoms with van der Waals surface area (Å²) in [7, 11) is 0. The molecule has 0 spiro atoms. The fraction of sp³-hybridized carbons (Fsp3) is 0.625. The number of pyridine rings is 1. The molecule has 120 valence electrons. The van der Waals surface area contributed by atoms with E-state index >= 15 is 0 Å². The maximum atomic E-state index is 13.2. The van der Waals surface area contributed by atoms with E-state index in [2.05, 4.69) is 9.88 Å². The Kier molecular flexibility index (Phi) is 4.69. The third-order valence-corrected chi connectivity index (χ3v) is 4.50. The molecule has 2 heterocycles. The maximum absolute atomic E-state index is 13.2. The minimum atomic E-state index is -0.495.